The van der Waals surface area contributed by atoms with E-state index in [1.54, 1.807) is 24.3 Å². The van der Waals surface area contributed by atoms with E-state index in [0.717, 1.165) is 11.6 Å². The topological polar surface area (TPSA) is 179 Å². The molecule has 12 nitrogen and oxygen atoms in total. The zero-order valence-corrected chi connectivity index (χ0v) is 18.8. The Balaban J connectivity index is 1.75. The molecule has 0 saturated heterocycles. The Kier molecular flexibility index (Phi) is 7.73. The number of rotatable bonds is 11. The van der Waals surface area contributed by atoms with Crippen molar-refractivity contribution in [3.8, 4) is 5.75 Å². The second kappa shape index (κ2) is 10.7. The lowest BCUT2D eigenvalue weighted by molar-refractivity contribution is -0.396. The first kappa shape index (κ1) is 25.3. The van der Waals surface area contributed by atoms with Crippen LogP contribution >= 0.6 is 0 Å². The van der Waals surface area contributed by atoms with Crippen molar-refractivity contribution in [3.63, 3.8) is 0 Å². The molecular weight excluding hydrogens is 482 g/mol. The number of sulfonamides is 1. The summed E-state index contributed by atoms with van der Waals surface area (Å²) in [5, 5.41) is 31.7. The van der Waals surface area contributed by atoms with Crippen LogP contribution in [0.2, 0.25) is 0 Å². The zero-order valence-electron chi connectivity index (χ0n) is 17.9. The zero-order chi connectivity index (χ0) is 25.6. The maximum absolute atomic E-state index is 12.7. The second-order valence-corrected chi connectivity index (χ2v) is 8.98. The SMILES string of the molecule is O=C(O)[C@H](Cc1ccc(OCc2ccccc2)cc1)NS(=O)(=O)c1ccc([N+](=O)[O-])cc1[N+](=O)[O-]. The van der Waals surface area contributed by atoms with Crippen LogP contribution in [0.1, 0.15) is 11.1 Å². The lowest BCUT2D eigenvalue weighted by atomic mass is 10.1. The molecule has 0 aliphatic carbocycles. The molecule has 0 radical (unpaired) electrons. The van der Waals surface area contributed by atoms with E-state index in [-0.39, 0.29) is 6.42 Å². The van der Waals surface area contributed by atoms with Gasteiger partial charge in [-0.3, -0.25) is 25.0 Å². The van der Waals surface area contributed by atoms with E-state index in [0.29, 0.717) is 30.1 Å². The molecule has 0 heterocycles. The first-order valence-corrected chi connectivity index (χ1v) is 11.5. The molecule has 0 saturated carbocycles. The second-order valence-electron chi connectivity index (χ2n) is 7.30. The van der Waals surface area contributed by atoms with Gasteiger partial charge >= 0.3 is 5.97 Å². The van der Waals surface area contributed by atoms with Crippen LogP contribution < -0.4 is 9.46 Å². The van der Waals surface area contributed by atoms with Gasteiger partial charge in [0.1, 0.15) is 18.4 Å². The molecule has 13 heteroatoms. The van der Waals surface area contributed by atoms with Crippen molar-refractivity contribution in [1.29, 1.82) is 0 Å². The van der Waals surface area contributed by atoms with Crippen molar-refractivity contribution in [1.82, 2.24) is 4.72 Å². The largest absolute Gasteiger partial charge is 0.489 e. The molecule has 0 aromatic heterocycles. The minimum Gasteiger partial charge on any atom is -0.489 e. The van der Waals surface area contributed by atoms with E-state index in [1.165, 1.54) is 0 Å². The summed E-state index contributed by atoms with van der Waals surface area (Å²) < 4.78 is 33.1. The number of nitrogens with one attached hydrogen (secondary N) is 1. The van der Waals surface area contributed by atoms with Gasteiger partial charge in [-0.25, -0.2) is 8.42 Å². The van der Waals surface area contributed by atoms with Crippen molar-refractivity contribution in [2.45, 2.75) is 24.0 Å². The molecule has 0 aliphatic heterocycles. The molecular formula is C22H19N3O9S. The van der Waals surface area contributed by atoms with Gasteiger partial charge in [0.15, 0.2) is 4.90 Å². The predicted octanol–water partition coefficient (Wildman–Crippen LogP) is 3.06. The third-order valence-electron chi connectivity index (χ3n) is 4.85. The smallest absolute Gasteiger partial charge is 0.322 e. The van der Waals surface area contributed by atoms with E-state index in [9.17, 15) is 38.5 Å². The summed E-state index contributed by atoms with van der Waals surface area (Å²) in [6, 6.07) is 16.1. The molecule has 182 valence electrons. The average Bonchev–Trinajstić information content (AvgIpc) is 2.83. The molecule has 0 spiro atoms. The quantitative estimate of drug-likeness (QED) is 0.295. The van der Waals surface area contributed by atoms with Crippen molar-refractivity contribution in [2.24, 2.45) is 0 Å². The number of ether oxygens (including phenoxy) is 1. The molecule has 0 amide bonds. The number of carboxylic acids is 1. The summed E-state index contributed by atoms with van der Waals surface area (Å²) >= 11 is 0. The fraction of sp³-hybridized carbons (Fsp3) is 0.136. The molecule has 3 aromatic rings. The van der Waals surface area contributed by atoms with Gasteiger partial charge < -0.3 is 9.84 Å². The van der Waals surface area contributed by atoms with Gasteiger partial charge in [-0.1, -0.05) is 42.5 Å². The van der Waals surface area contributed by atoms with Crippen molar-refractivity contribution >= 4 is 27.4 Å². The minimum absolute atomic E-state index is 0.270. The maximum atomic E-state index is 12.7. The van der Waals surface area contributed by atoms with E-state index < -0.39 is 48.2 Å². The summed E-state index contributed by atoms with van der Waals surface area (Å²) in [5.74, 6) is -0.992. The fourth-order valence-corrected chi connectivity index (χ4v) is 4.46. The molecule has 0 fully saturated rings. The number of hydrogen-bond acceptors (Lipinski definition) is 8. The Hall–Kier alpha value is -4.36. The first-order valence-electron chi connectivity index (χ1n) is 10.0. The Morgan fingerprint density at radius 1 is 0.943 bits per heavy atom. The van der Waals surface area contributed by atoms with E-state index in [2.05, 4.69) is 0 Å². The van der Waals surface area contributed by atoms with Crippen LogP contribution in [-0.2, 0) is 27.8 Å². The number of carboxylic acid groups (broad SMARTS) is 1. The number of hydrogen-bond donors (Lipinski definition) is 2. The summed E-state index contributed by atoms with van der Waals surface area (Å²) in [7, 11) is -4.71. The van der Waals surface area contributed by atoms with Crippen LogP contribution in [0.3, 0.4) is 0 Å². The van der Waals surface area contributed by atoms with Gasteiger partial charge in [0.2, 0.25) is 10.0 Å². The summed E-state index contributed by atoms with van der Waals surface area (Å²) in [6.45, 7) is 0.325. The van der Waals surface area contributed by atoms with Gasteiger partial charge in [0, 0.05) is 6.07 Å². The molecule has 3 aromatic carbocycles. The molecule has 0 aliphatic rings. The average molecular weight is 501 g/mol. The number of nitro groups is 2. The van der Waals surface area contributed by atoms with Crippen molar-refractivity contribution < 1.29 is 32.9 Å². The Morgan fingerprint density at radius 2 is 1.60 bits per heavy atom. The van der Waals surface area contributed by atoms with E-state index in [1.807, 2.05) is 35.1 Å². The molecule has 35 heavy (non-hydrogen) atoms. The molecule has 3 rings (SSSR count). The van der Waals surface area contributed by atoms with Crippen LogP contribution in [0.5, 0.6) is 5.75 Å². The van der Waals surface area contributed by atoms with Crippen LogP contribution in [0.15, 0.2) is 77.7 Å². The van der Waals surface area contributed by atoms with E-state index in [4.69, 9.17) is 4.74 Å². The van der Waals surface area contributed by atoms with Crippen LogP contribution in [0, 0.1) is 20.2 Å². The number of carbonyl (C=O) groups is 1. The molecule has 0 unspecified atom stereocenters. The Morgan fingerprint density at radius 3 is 2.17 bits per heavy atom. The number of nitro benzene ring substituents is 2. The summed E-state index contributed by atoms with van der Waals surface area (Å²) in [6.07, 6.45) is -0.270. The van der Waals surface area contributed by atoms with Gasteiger partial charge in [0.25, 0.3) is 11.4 Å². The highest BCUT2D eigenvalue weighted by Gasteiger charge is 2.32. The van der Waals surface area contributed by atoms with Crippen molar-refractivity contribution in [3.05, 3.63) is 104 Å². The number of non-ortho nitro benzene ring substituents is 1. The van der Waals surface area contributed by atoms with E-state index >= 15 is 0 Å². The maximum Gasteiger partial charge on any atom is 0.322 e. The molecule has 2 N–H and O–H groups in total. The Labute approximate surface area is 199 Å². The third kappa shape index (κ3) is 6.59. The highest BCUT2D eigenvalue weighted by molar-refractivity contribution is 7.89. The monoisotopic (exact) mass is 501 g/mol. The Bertz CT molecular complexity index is 1340. The first-order chi connectivity index (χ1) is 16.6. The number of benzene rings is 3. The standard InChI is InChI=1S/C22H19N3O9S/c26-22(27)19(12-15-6-9-18(10-7-15)34-14-16-4-2-1-3-5-16)23-35(32,33)21-11-8-17(24(28)29)13-20(21)25(30)31/h1-11,13,19,23H,12,14H2,(H,26,27)/t19-/m0/s1. The fourth-order valence-electron chi connectivity index (χ4n) is 3.12. The minimum atomic E-state index is -4.71. The molecule has 1 atom stereocenters. The van der Waals surface area contributed by atoms with Gasteiger partial charge in [-0.2, -0.15) is 4.72 Å². The van der Waals surface area contributed by atoms with Gasteiger partial charge in [-0.15, -0.1) is 0 Å². The summed E-state index contributed by atoms with van der Waals surface area (Å²) in [5.41, 5.74) is -0.307. The number of nitrogens with zero attached hydrogens (tertiary/aromatic N) is 2. The highest BCUT2D eigenvalue weighted by atomic mass is 32.2. The highest BCUT2D eigenvalue weighted by Crippen LogP contribution is 2.28. The van der Waals surface area contributed by atoms with Gasteiger partial charge in [-0.05, 0) is 35.7 Å². The van der Waals surface area contributed by atoms with Gasteiger partial charge in [0.05, 0.1) is 15.9 Å². The lowest BCUT2D eigenvalue weighted by Gasteiger charge is -2.15. The predicted molar refractivity (Wildman–Crippen MR) is 122 cm³/mol. The van der Waals surface area contributed by atoms with Crippen LogP contribution in [0.4, 0.5) is 11.4 Å². The van der Waals surface area contributed by atoms with Crippen LogP contribution in [0.25, 0.3) is 0 Å². The van der Waals surface area contributed by atoms with Crippen molar-refractivity contribution in [2.75, 3.05) is 0 Å². The summed E-state index contributed by atoms with van der Waals surface area (Å²) in [4.78, 5) is 31.0. The lowest BCUT2D eigenvalue weighted by Crippen LogP contribution is -2.42. The normalized spacial score (nSPS) is 12.0. The molecule has 0 bridgehead atoms. The van der Waals surface area contributed by atoms with Crippen LogP contribution in [-0.4, -0.2) is 35.4 Å². The number of aliphatic carboxylic acids is 1. The third-order valence-corrected chi connectivity index (χ3v) is 6.37.